The maximum absolute atomic E-state index is 14.5. The summed E-state index contributed by atoms with van der Waals surface area (Å²) in [6, 6.07) is 11.7. The number of hydrogen-bond acceptors (Lipinski definition) is 19. The van der Waals surface area contributed by atoms with E-state index in [1.165, 1.54) is 0 Å². The van der Waals surface area contributed by atoms with E-state index >= 15 is 0 Å². The SMILES string of the molecule is C#CCOCCOCCOCCNc1nc(N2CCN(C(=O)[C@@H](Cc3ccc(O)cc3)n3cc([C@@H](N)CC(C)C)nn3)CC2)nc(N2CCN(C(=O)[C@H]([C@@H](C)CC)n3cc([C@@H](N)Cc4ccc(O)cc4)nn3)CC2)n1. The van der Waals surface area contributed by atoms with Gasteiger partial charge in [-0.05, 0) is 60.1 Å². The molecule has 2 amide bonds. The maximum atomic E-state index is 14.5. The molecule has 7 rings (SSSR count). The minimum Gasteiger partial charge on any atom is -0.508 e. The first kappa shape index (κ1) is 55.8. The number of phenolic OH excluding ortho intramolecular Hbond substituents is 2. The Bertz CT molecular complexity index is 2590. The molecule has 5 heterocycles. The average molecular weight is 1040 g/mol. The zero-order chi connectivity index (χ0) is 53.3. The Morgan fingerprint density at radius 3 is 1.75 bits per heavy atom. The number of hydrogen-bond donors (Lipinski definition) is 5. The van der Waals surface area contributed by atoms with Crippen LogP contribution in [0.1, 0.15) is 87.2 Å². The molecule has 0 unspecified atom stereocenters. The number of piperazine rings is 2. The second-order valence-electron chi connectivity index (χ2n) is 19.5. The number of nitrogens with one attached hydrogen (secondary N) is 1. The van der Waals surface area contributed by atoms with Gasteiger partial charge in [-0.1, -0.05) is 74.7 Å². The second kappa shape index (κ2) is 27.5. The Morgan fingerprint density at radius 2 is 1.19 bits per heavy atom. The Balaban J connectivity index is 1.02. The van der Waals surface area contributed by atoms with E-state index in [9.17, 15) is 19.8 Å². The van der Waals surface area contributed by atoms with E-state index in [0.717, 1.165) is 24.0 Å². The zero-order valence-electron chi connectivity index (χ0n) is 43.7. The lowest BCUT2D eigenvalue weighted by molar-refractivity contribution is -0.137. The molecule has 2 fully saturated rings. The number of carbonyl (C=O) groups is 2. The molecular formula is C52H74N16O7. The van der Waals surface area contributed by atoms with Crippen LogP contribution in [-0.2, 0) is 36.6 Å². The quantitative estimate of drug-likeness (QED) is 0.0373. The molecule has 0 radical (unpaired) electrons. The first-order valence-electron chi connectivity index (χ1n) is 25.9. The number of benzene rings is 2. The van der Waals surface area contributed by atoms with E-state index in [2.05, 4.69) is 57.5 Å². The predicted octanol–water partition coefficient (Wildman–Crippen LogP) is 2.92. The number of carbonyl (C=O) groups excluding carboxylic acids is 2. The van der Waals surface area contributed by atoms with Crippen LogP contribution >= 0.6 is 0 Å². The van der Waals surface area contributed by atoms with Gasteiger partial charge in [0.05, 0.1) is 68.9 Å². The summed E-state index contributed by atoms with van der Waals surface area (Å²) in [4.78, 5) is 51.5. The Kier molecular flexibility index (Phi) is 20.5. The summed E-state index contributed by atoms with van der Waals surface area (Å²) < 4.78 is 19.9. The fourth-order valence-corrected chi connectivity index (χ4v) is 8.99. The van der Waals surface area contributed by atoms with Gasteiger partial charge in [0.15, 0.2) is 0 Å². The van der Waals surface area contributed by atoms with Gasteiger partial charge in [-0.25, -0.2) is 9.36 Å². The number of rotatable bonds is 27. The number of amides is 2. The highest BCUT2D eigenvalue weighted by Gasteiger charge is 2.35. The number of ether oxygens (including phenoxy) is 3. The molecule has 2 aromatic carbocycles. The molecule has 2 aliphatic heterocycles. The number of terminal acetylenes is 1. The van der Waals surface area contributed by atoms with Crippen molar-refractivity contribution in [3.63, 3.8) is 0 Å². The summed E-state index contributed by atoms with van der Waals surface area (Å²) in [7, 11) is 0. The van der Waals surface area contributed by atoms with Crippen LogP contribution in [0.25, 0.3) is 0 Å². The maximum Gasteiger partial charge on any atom is 0.247 e. The van der Waals surface area contributed by atoms with Crippen molar-refractivity contribution in [1.82, 2.24) is 54.7 Å². The fraction of sp³-hybridized carbons (Fsp3) is 0.558. The highest BCUT2D eigenvalue weighted by atomic mass is 16.5. The molecule has 2 saturated heterocycles. The molecule has 5 aromatic rings. The molecule has 0 spiro atoms. The molecule has 23 heteroatoms. The van der Waals surface area contributed by atoms with Gasteiger partial charge in [0.2, 0.25) is 29.7 Å². The van der Waals surface area contributed by atoms with Crippen LogP contribution in [0.5, 0.6) is 11.5 Å². The van der Waals surface area contributed by atoms with E-state index in [1.807, 2.05) is 33.8 Å². The predicted molar refractivity (Wildman–Crippen MR) is 282 cm³/mol. The Labute approximate surface area is 438 Å². The standard InChI is InChI=1S/C52H74N16O7/c1-6-25-73-27-29-75-30-28-74-26-16-55-50-56-51(65-21-17-63(18-22-65)48(71)46(33-39-10-14-41(70)15-11-39)67-34-44(59-61-67)42(53)31-36(3)4)58-52(57-50)66-23-19-64(20-24-66)49(72)47(37(5)7-2)68-35-45(60-62-68)43(54)32-38-8-12-40(69)13-9-38/h1,8-15,34-37,42-43,46-47,69-70H,7,16-33,53-54H2,2-5H3,(H,55,56,57,58)/t37-,42-,43-,46+,47-/m0/s1. The van der Waals surface area contributed by atoms with Crippen molar-refractivity contribution in [2.24, 2.45) is 23.3 Å². The topological polar surface area (TPSA) is 279 Å². The lowest BCUT2D eigenvalue weighted by Gasteiger charge is -2.38. The Morgan fingerprint density at radius 1 is 0.680 bits per heavy atom. The normalized spacial score (nSPS) is 16.1. The first-order valence-corrected chi connectivity index (χ1v) is 25.9. The summed E-state index contributed by atoms with van der Waals surface area (Å²) in [5, 5.41) is 40.6. The molecule has 0 aliphatic carbocycles. The summed E-state index contributed by atoms with van der Waals surface area (Å²) in [6.45, 7) is 14.4. The minimum atomic E-state index is -0.699. The number of nitrogens with two attached hydrogens (primary N) is 2. The largest absolute Gasteiger partial charge is 0.508 e. The minimum absolute atomic E-state index is 0.0386. The van der Waals surface area contributed by atoms with E-state index < -0.39 is 18.1 Å². The smallest absolute Gasteiger partial charge is 0.247 e. The third-order valence-corrected chi connectivity index (χ3v) is 13.4. The fourth-order valence-electron chi connectivity index (χ4n) is 8.99. The van der Waals surface area contributed by atoms with Crippen LogP contribution in [0.4, 0.5) is 17.8 Å². The zero-order valence-corrected chi connectivity index (χ0v) is 43.7. The summed E-state index contributed by atoms with van der Waals surface area (Å²) in [5.74, 6) is 4.19. The first-order chi connectivity index (χ1) is 36.3. The Hall–Kier alpha value is -6.97. The summed E-state index contributed by atoms with van der Waals surface area (Å²) in [5.41, 5.74) is 16.1. The van der Waals surface area contributed by atoms with Crippen molar-refractivity contribution in [2.45, 2.75) is 77.5 Å². The summed E-state index contributed by atoms with van der Waals surface area (Å²) in [6.07, 6.45) is 11.1. The van der Waals surface area contributed by atoms with Crippen molar-refractivity contribution in [1.29, 1.82) is 0 Å². The van der Waals surface area contributed by atoms with Gasteiger partial charge in [0.25, 0.3) is 0 Å². The van der Waals surface area contributed by atoms with Crippen LogP contribution in [0.2, 0.25) is 0 Å². The number of aromatic nitrogens is 9. The van der Waals surface area contributed by atoms with Crippen molar-refractivity contribution in [3.05, 3.63) is 83.4 Å². The van der Waals surface area contributed by atoms with E-state index in [4.69, 9.17) is 47.1 Å². The van der Waals surface area contributed by atoms with Gasteiger partial charge in [0.1, 0.15) is 30.2 Å². The number of phenols is 2. The molecular weight excluding hydrogens is 961 g/mol. The van der Waals surface area contributed by atoms with Crippen LogP contribution in [0, 0.1) is 24.2 Å². The molecule has 0 bridgehead atoms. The highest BCUT2D eigenvalue weighted by molar-refractivity contribution is 5.81. The lowest BCUT2D eigenvalue weighted by atomic mass is 9.97. The average Bonchev–Trinajstić information content (AvgIpc) is 4.12. The van der Waals surface area contributed by atoms with Gasteiger partial charge in [-0.2, -0.15) is 15.0 Å². The van der Waals surface area contributed by atoms with Crippen molar-refractivity contribution in [3.8, 4) is 23.8 Å². The number of anilines is 3. The molecule has 3 aromatic heterocycles. The molecule has 2 aliphatic rings. The van der Waals surface area contributed by atoms with E-state index in [-0.39, 0.29) is 41.9 Å². The molecule has 23 nitrogen and oxygen atoms in total. The molecule has 404 valence electrons. The van der Waals surface area contributed by atoms with Gasteiger partial charge < -0.3 is 60.8 Å². The lowest BCUT2D eigenvalue weighted by Crippen LogP contribution is -2.52. The molecule has 75 heavy (non-hydrogen) atoms. The molecule has 5 atom stereocenters. The van der Waals surface area contributed by atoms with Crippen molar-refractivity contribution in [2.75, 3.05) is 114 Å². The van der Waals surface area contributed by atoms with E-state index in [0.29, 0.717) is 140 Å². The molecule has 7 N–H and O–H groups in total. The van der Waals surface area contributed by atoms with E-state index in [1.54, 1.807) is 58.2 Å². The van der Waals surface area contributed by atoms with Crippen LogP contribution in [-0.4, -0.2) is 175 Å². The van der Waals surface area contributed by atoms with Crippen LogP contribution < -0.4 is 26.6 Å². The number of nitrogens with zero attached hydrogens (tertiary/aromatic N) is 13. The third kappa shape index (κ3) is 15.8. The summed E-state index contributed by atoms with van der Waals surface area (Å²) >= 11 is 0. The van der Waals surface area contributed by atoms with Gasteiger partial charge >= 0.3 is 0 Å². The monoisotopic (exact) mass is 1030 g/mol. The van der Waals surface area contributed by atoms with Crippen LogP contribution in [0.15, 0.2) is 60.9 Å². The highest BCUT2D eigenvalue weighted by Crippen LogP contribution is 2.28. The van der Waals surface area contributed by atoms with Crippen LogP contribution in [0.3, 0.4) is 0 Å². The van der Waals surface area contributed by atoms with Gasteiger partial charge in [0, 0.05) is 65.3 Å². The third-order valence-electron chi connectivity index (χ3n) is 13.4. The second-order valence-corrected chi connectivity index (χ2v) is 19.5. The van der Waals surface area contributed by atoms with Crippen molar-refractivity contribution < 1.29 is 34.0 Å². The van der Waals surface area contributed by atoms with Gasteiger partial charge in [-0.3, -0.25) is 9.59 Å². The molecule has 0 saturated carbocycles. The number of aromatic hydroxyl groups is 2. The van der Waals surface area contributed by atoms with Gasteiger partial charge in [-0.15, -0.1) is 16.6 Å². The van der Waals surface area contributed by atoms with Crippen molar-refractivity contribution >= 4 is 29.7 Å².